The minimum absolute atomic E-state index is 0.0385. The monoisotopic (exact) mass is 296 g/mol. The molecule has 1 aromatic carbocycles. The summed E-state index contributed by atoms with van der Waals surface area (Å²) in [6, 6.07) is 5.59. The van der Waals surface area contributed by atoms with Gasteiger partial charge in [0.15, 0.2) is 0 Å². The first-order valence-corrected chi connectivity index (χ1v) is 7.33. The Hall–Kier alpha value is -1.26. The van der Waals surface area contributed by atoms with Crippen LogP contribution in [0.1, 0.15) is 23.5 Å². The van der Waals surface area contributed by atoms with Gasteiger partial charge < -0.3 is 10.6 Å². The first kappa shape index (κ1) is 14.2. The number of nitrogens with two attached hydrogens (primary N) is 1. The highest BCUT2D eigenvalue weighted by Gasteiger charge is 2.21. The average Bonchev–Trinajstić information content (AvgIpc) is 2.66. The molecule has 5 heteroatoms. The van der Waals surface area contributed by atoms with Crippen LogP contribution in [0.15, 0.2) is 18.2 Å². The summed E-state index contributed by atoms with van der Waals surface area (Å²) in [4.78, 5) is 14.7. The molecule has 0 saturated heterocycles. The smallest absolute Gasteiger partial charge is 0.265 e. The van der Waals surface area contributed by atoms with Crippen LogP contribution >= 0.6 is 22.9 Å². The summed E-state index contributed by atoms with van der Waals surface area (Å²) in [5.41, 5.74) is 6.58. The summed E-state index contributed by atoms with van der Waals surface area (Å²) in [5, 5.41) is 1.38. The second kappa shape index (κ2) is 5.39. The van der Waals surface area contributed by atoms with E-state index in [1.165, 1.54) is 11.3 Å². The third-order valence-electron chi connectivity index (χ3n) is 2.88. The van der Waals surface area contributed by atoms with E-state index in [-0.39, 0.29) is 5.91 Å². The Balaban J connectivity index is 2.43. The lowest BCUT2D eigenvalue weighted by Gasteiger charge is -2.18. The fourth-order valence-corrected chi connectivity index (χ4v) is 3.57. The van der Waals surface area contributed by atoms with E-state index in [9.17, 15) is 4.79 Å². The van der Waals surface area contributed by atoms with Crippen LogP contribution in [-0.2, 0) is 0 Å². The van der Waals surface area contributed by atoms with Gasteiger partial charge in [-0.25, -0.2) is 0 Å². The maximum atomic E-state index is 12.4. The maximum Gasteiger partial charge on any atom is 0.265 e. The number of carbonyl (C=O) groups excluding carboxylic acids is 1. The Labute approximate surface area is 122 Å². The molecule has 1 heterocycles. The first-order valence-electron chi connectivity index (χ1n) is 6.13. The van der Waals surface area contributed by atoms with Gasteiger partial charge in [0.2, 0.25) is 0 Å². The minimum Gasteiger partial charge on any atom is -0.397 e. The van der Waals surface area contributed by atoms with Gasteiger partial charge in [-0.3, -0.25) is 4.79 Å². The molecule has 1 aromatic heterocycles. The van der Waals surface area contributed by atoms with Crippen LogP contribution < -0.4 is 5.73 Å². The van der Waals surface area contributed by atoms with Crippen molar-refractivity contribution < 1.29 is 4.79 Å². The molecule has 102 valence electrons. The third-order valence-corrected chi connectivity index (χ3v) is 4.36. The van der Waals surface area contributed by atoms with Gasteiger partial charge in [0.25, 0.3) is 5.91 Å². The number of carbonyl (C=O) groups is 1. The molecule has 1 amide bonds. The summed E-state index contributed by atoms with van der Waals surface area (Å²) in [6.45, 7) is 4.87. The van der Waals surface area contributed by atoms with Gasteiger partial charge in [-0.05, 0) is 18.1 Å². The molecule has 0 aliphatic carbocycles. The zero-order valence-corrected chi connectivity index (χ0v) is 12.8. The number of anilines is 1. The van der Waals surface area contributed by atoms with Gasteiger partial charge in [-0.2, -0.15) is 0 Å². The van der Waals surface area contributed by atoms with Crippen LogP contribution in [0.4, 0.5) is 5.69 Å². The highest BCUT2D eigenvalue weighted by Crippen LogP contribution is 2.38. The minimum atomic E-state index is -0.0385. The number of nitrogens with zero attached hydrogens (tertiary/aromatic N) is 1. The van der Waals surface area contributed by atoms with Gasteiger partial charge in [0, 0.05) is 23.7 Å². The standard InChI is InChI=1S/C14H17ClN2OS/c1-8(2)7-17(3)14(18)13-12(16)11-9(15)5-4-6-10(11)19-13/h4-6,8H,7,16H2,1-3H3. The lowest BCUT2D eigenvalue weighted by atomic mass is 10.2. The number of hydrogen-bond donors (Lipinski definition) is 1. The molecule has 2 aromatic rings. The number of fused-ring (bicyclic) bond motifs is 1. The first-order chi connectivity index (χ1) is 8.91. The summed E-state index contributed by atoms with van der Waals surface area (Å²) < 4.78 is 0.950. The summed E-state index contributed by atoms with van der Waals surface area (Å²) in [5.74, 6) is 0.386. The lowest BCUT2D eigenvalue weighted by Crippen LogP contribution is -2.30. The van der Waals surface area contributed by atoms with Crippen LogP contribution in [-0.4, -0.2) is 24.4 Å². The van der Waals surface area contributed by atoms with E-state index in [4.69, 9.17) is 17.3 Å². The number of benzene rings is 1. The number of rotatable bonds is 3. The molecule has 0 aliphatic heterocycles. The lowest BCUT2D eigenvalue weighted by molar-refractivity contribution is 0.0785. The van der Waals surface area contributed by atoms with Crippen molar-refractivity contribution in [3.8, 4) is 0 Å². The summed E-state index contributed by atoms with van der Waals surface area (Å²) in [7, 11) is 1.80. The highest BCUT2D eigenvalue weighted by molar-refractivity contribution is 7.21. The maximum absolute atomic E-state index is 12.4. The molecular formula is C14H17ClN2OS. The van der Waals surface area contributed by atoms with Crippen molar-refractivity contribution in [1.82, 2.24) is 4.90 Å². The third kappa shape index (κ3) is 2.69. The molecular weight excluding hydrogens is 280 g/mol. The molecule has 19 heavy (non-hydrogen) atoms. The van der Waals surface area contributed by atoms with Crippen LogP contribution in [0.5, 0.6) is 0 Å². The average molecular weight is 297 g/mol. The fourth-order valence-electron chi connectivity index (χ4n) is 2.09. The van der Waals surface area contributed by atoms with Crippen molar-refractivity contribution >= 4 is 44.6 Å². The molecule has 0 atom stereocenters. The van der Waals surface area contributed by atoms with E-state index >= 15 is 0 Å². The molecule has 2 N–H and O–H groups in total. The van der Waals surface area contributed by atoms with Crippen LogP contribution in [0.25, 0.3) is 10.1 Å². The van der Waals surface area contributed by atoms with Crippen LogP contribution in [0.2, 0.25) is 5.02 Å². The van der Waals surface area contributed by atoms with E-state index in [0.29, 0.717) is 28.0 Å². The van der Waals surface area contributed by atoms with Crippen molar-refractivity contribution in [2.24, 2.45) is 5.92 Å². The zero-order valence-electron chi connectivity index (χ0n) is 11.2. The summed E-state index contributed by atoms with van der Waals surface area (Å²) >= 11 is 7.55. The van der Waals surface area contributed by atoms with Crippen molar-refractivity contribution in [1.29, 1.82) is 0 Å². The molecule has 3 nitrogen and oxygen atoms in total. The number of hydrogen-bond acceptors (Lipinski definition) is 3. The van der Waals surface area contributed by atoms with Gasteiger partial charge in [-0.1, -0.05) is 31.5 Å². The summed E-state index contributed by atoms with van der Waals surface area (Å²) in [6.07, 6.45) is 0. The van der Waals surface area contributed by atoms with E-state index in [1.54, 1.807) is 18.0 Å². The number of nitrogen functional groups attached to an aromatic ring is 1. The Morgan fingerprint density at radius 3 is 2.74 bits per heavy atom. The largest absolute Gasteiger partial charge is 0.397 e. The molecule has 0 radical (unpaired) electrons. The Kier molecular flexibility index (Phi) is 4.02. The van der Waals surface area contributed by atoms with Gasteiger partial charge in [-0.15, -0.1) is 11.3 Å². The second-order valence-electron chi connectivity index (χ2n) is 5.04. The Morgan fingerprint density at radius 2 is 2.16 bits per heavy atom. The van der Waals surface area contributed by atoms with Crippen LogP contribution in [0, 0.1) is 5.92 Å². The predicted octanol–water partition coefficient (Wildman–Crippen LogP) is 3.86. The molecule has 2 rings (SSSR count). The van der Waals surface area contributed by atoms with Crippen LogP contribution in [0.3, 0.4) is 0 Å². The fraction of sp³-hybridized carbons (Fsp3) is 0.357. The zero-order chi connectivity index (χ0) is 14.2. The number of halogens is 1. The molecule has 0 aliphatic rings. The molecule has 0 saturated carbocycles. The van der Waals surface area contributed by atoms with Crippen molar-refractivity contribution in [3.05, 3.63) is 28.1 Å². The molecule has 0 bridgehead atoms. The van der Waals surface area contributed by atoms with Gasteiger partial charge in [0.05, 0.1) is 10.7 Å². The predicted molar refractivity (Wildman–Crippen MR) is 83.0 cm³/mol. The van der Waals surface area contributed by atoms with E-state index in [1.807, 2.05) is 12.1 Å². The normalized spacial score (nSPS) is 11.2. The molecule has 0 spiro atoms. The second-order valence-corrected chi connectivity index (χ2v) is 6.50. The van der Waals surface area contributed by atoms with Crippen molar-refractivity contribution in [3.63, 3.8) is 0 Å². The van der Waals surface area contributed by atoms with Gasteiger partial charge >= 0.3 is 0 Å². The highest BCUT2D eigenvalue weighted by atomic mass is 35.5. The Morgan fingerprint density at radius 1 is 1.47 bits per heavy atom. The van der Waals surface area contributed by atoms with E-state index < -0.39 is 0 Å². The van der Waals surface area contributed by atoms with Crippen molar-refractivity contribution in [2.75, 3.05) is 19.3 Å². The number of thiophene rings is 1. The van der Waals surface area contributed by atoms with E-state index in [0.717, 1.165) is 10.1 Å². The Bertz CT molecular complexity index is 621. The van der Waals surface area contributed by atoms with Crippen molar-refractivity contribution in [2.45, 2.75) is 13.8 Å². The quantitative estimate of drug-likeness (QED) is 0.934. The number of amides is 1. The van der Waals surface area contributed by atoms with Gasteiger partial charge in [0.1, 0.15) is 4.88 Å². The molecule has 0 unspecified atom stereocenters. The van der Waals surface area contributed by atoms with E-state index in [2.05, 4.69) is 13.8 Å². The SMILES string of the molecule is CC(C)CN(C)C(=O)c1sc2cccc(Cl)c2c1N. The molecule has 0 fully saturated rings. The topological polar surface area (TPSA) is 46.3 Å².